The minimum absolute atomic E-state index is 0.309. The number of H-pyrrole nitrogens is 1. The van der Waals surface area contributed by atoms with Crippen LogP contribution in [-0.4, -0.2) is 44.7 Å². The average molecular weight is 266 g/mol. The number of imidazole rings is 1. The Hall–Kier alpha value is -1.67. The Morgan fingerprint density at radius 2 is 2.39 bits per heavy atom. The van der Waals surface area contributed by atoms with Gasteiger partial charge in [0, 0.05) is 5.75 Å². The van der Waals surface area contributed by atoms with E-state index >= 15 is 0 Å². The van der Waals surface area contributed by atoms with E-state index in [1.165, 1.54) is 6.33 Å². The molecule has 0 aromatic carbocycles. The molecule has 2 rings (SSSR count). The lowest BCUT2D eigenvalue weighted by molar-refractivity contribution is -0.119. The largest absolute Gasteiger partial charge is 0.368 e. The second-order valence-corrected chi connectivity index (χ2v) is 4.74. The molecule has 18 heavy (non-hydrogen) atoms. The minimum Gasteiger partial charge on any atom is -0.368 e. The normalized spacial score (nSPS) is 12.7. The summed E-state index contributed by atoms with van der Waals surface area (Å²) >= 11 is 1.55. The SMILES string of the molecule is CNC(CCSc1ncnc2nc[nH]c12)C(N)=O. The van der Waals surface area contributed by atoms with Crippen LogP contribution in [0.5, 0.6) is 0 Å². The molecule has 0 saturated carbocycles. The van der Waals surface area contributed by atoms with Crippen LogP contribution in [0.1, 0.15) is 6.42 Å². The van der Waals surface area contributed by atoms with Gasteiger partial charge in [0.1, 0.15) is 16.9 Å². The molecule has 1 amide bonds. The van der Waals surface area contributed by atoms with Crippen molar-refractivity contribution >= 4 is 28.8 Å². The van der Waals surface area contributed by atoms with Gasteiger partial charge in [0.05, 0.1) is 12.4 Å². The number of nitrogens with two attached hydrogens (primary N) is 1. The Balaban J connectivity index is 1.98. The molecule has 4 N–H and O–H groups in total. The van der Waals surface area contributed by atoms with Crippen molar-refractivity contribution < 1.29 is 4.79 Å². The lowest BCUT2D eigenvalue weighted by atomic mass is 10.2. The molecule has 0 aliphatic carbocycles. The molecular formula is C10H14N6OS. The molecule has 0 radical (unpaired) electrons. The number of hydrogen-bond acceptors (Lipinski definition) is 6. The van der Waals surface area contributed by atoms with E-state index in [0.29, 0.717) is 12.1 Å². The molecule has 0 bridgehead atoms. The van der Waals surface area contributed by atoms with E-state index < -0.39 is 0 Å². The maximum atomic E-state index is 11.1. The maximum Gasteiger partial charge on any atom is 0.234 e. The molecule has 2 aromatic rings. The number of nitrogens with one attached hydrogen (secondary N) is 2. The molecule has 2 heterocycles. The van der Waals surface area contributed by atoms with Gasteiger partial charge >= 0.3 is 0 Å². The van der Waals surface area contributed by atoms with Crippen LogP contribution in [0.3, 0.4) is 0 Å². The van der Waals surface area contributed by atoms with E-state index in [9.17, 15) is 4.79 Å². The maximum absolute atomic E-state index is 11.1. The van der Waals surface area contributed by atoms with Crippen molar-refractivity contribution in [3.8, 4) is 0 Å². The molecule has 7 nitrogen and oxygen atoms in total. The van der Waals surface area contributed by atoms with E-state index in [4.69, 9.17) is 5.73 Å². The first-order chi connectivity index (χ1) is 8.72. The first-order valence-corrected chi connectivity index (χ1v) is 6.44. The van der Waals surface area contributed by atoms with Gasteiger partial charge in [-0.3, -0.25) is 4.79 Å². The van der Waals surface area contributed by atoms with Crippen molar-refractivity contribution in [3.05, 3.63) is 12.7 Å². The third-order valence-electron chi connectivity index (χ3n) is 2.53. The Morgan fingerprint density at radius 1 is 1.56 bits per heavy atom. The van der Waals surface area contributed by atoms with E-state index in [-0.39, 0.29) is 11.9 Å². The van der Waals surface area contributed by atoms with Crippen LogP contribution < -0.4 is 11.1 Å². The summed E-state index contributed by atoms with van der Waals surface area (Å²) in [7, 11) is 1.72. The number of rotatable bonds is 6. The molecule has 1 atom stereocenters. The van der Waals surface area contributed by atoms with Crippen LogP contribution in [0.4, 0.5) is 0 Å². The molecule has 96 valence electrons. The number of amides is 1. The minimum atomic E-state index is -0.340. The lowest BCUT2D eigenvalue weighted by Gasteiger charge is -2.11. The number of aromatic nitrogens is 4. The van der Waals surface area contributed by atoms with E-state index in [1.54, 1.807) is 25.1 Å². The molecule has 2 aromatic heterocycles. The van der Waals surface area contributed by atoms with Gasteiger partial charge in [-0.15, -0.1) is 11.8 Å². The van der Waals surface area contributed by atoms with Crippen LogP contribution in [0.15, 0.2) is 17.7 Å². The molecule has 0 fully saturated rings. The zero-order valence-electron chi connectivity index (χ0n) is 9.88. The topological polar surface area (TPSA) is 110 Å². The van der Waals surface area contributed by atoms with E-state index in [1.807, 2.05) is 0 Å². The molecular weight excluding hydrogens is 252 g/mol. The summed E-state index contributed by atoms with van der Waals surface area (Å²) in [5.41, 5.74) is 6.72. The van der Waals surface area contributed by atoms with Crippen molar-refractivity contribution in [2.75, 3.05) is 12.8 Å². The van der Waals surface area contributed by atoms with Gasteiger partial charge in [-0.2, -0.15) is 0 Å². The third-order valence-corrected chi connectivity index (χ3v) is 3.55. The number of fused-ring (bicyclic) bond motifs is 1. The molecule has 1 unspecified atom stereocenters. The highest BCUT2D eigenvalue weighted by Crippen LogP contribution is 2.22. The van der Waals surface area contributed by atoms with Gasteiger partial charge in [-0.1, -0.05) is 0 Å². The highest BCUT2D eigenvalue weighted by atomic mass is 32.2. The number of primary amides is 1. The second-order valence-electron chi connectivity index (χ2n) is 3.66. The fourth-order valence-corrected chi connectivity index (χ4v) is 2.52. The summed E-state index contributed by atoms with van der Waals surface area (Å²) in [5, 5.41) is 3.71. The van der Waals surface area contributed by atoms with Gasteiger partial charge in [0.2, 0.25) is 5.91 Å². The van der Waals surface area contributed by atoms with Crippen molar-refractivity contribution in [3.63, 3.8) is 0 Å². The van der Waals surface area contributed by atoms with Crippen molar-refractivity contribution in [1.29, 1.82) is 0 Å². The number of carbonyl (C=O) groups is 1. The van der Waals surface area contributed by atoms with Crippen LogP contribution >= 0.6 is 11.8 Å². The molecule has 0 aliphatic rings. The van der Waals surface area contributed by atoms with E-state index in [2.05, 4.69) is 25.3 Å². The zero-order valence-corrected chi connectivity index (χ0v) is 10.7. The number of carbonyl (C=O) groups excluding carboxylic acids is 1. The summed E-state index contributed by atoms with van der Waals surface area (Å²) in [6, 6.07) is -0.309. The number of thioether (sulfide) groups is 1. The molecule has 8 heteroatoms. The van der Waals surface area contributed by atoms with Crippen LogP contribution in [0.25, 0.3) is 11.2 Å². The zero-order chi connectivity index (χ0) is 13.0. The van der Waals surface area contributed by atoms with Crippen LogP contribution in [0.2, 0.25) is 0 Å². The Bertz CT molecular complexity index is 542. The summed E-state index contributed by atoms with van der Waals surface area (Å²) in [5.74, 6) is 0.395. The van der Waals surface area contributed by atoms with Gasteiger partial charge < -0.3 is 16.0 Å². The fraction of sp³-hybridized carbons (Fsp3) is 0.400. The molecule has 0 spiro atoms. The van der Waals surface area contributed by atoms with Gasteiger partial charge in [0.15, 0.2) is 5.65 Å². The fourth-order valence-electron chi connectivity index (χ4n) is 1.55. The molecule has 0 aliphatic heterocycles. The van der Waals surface area contributed by atoms with Crippen molar-refractivity contribution in [2.24, 2.45) is 5.73 Å². The number of aromatic amines is 1. The van der Waals surface area contributed by atoms with Gasteiger partial charge in [-0.05, 0) is 13.5 Å². The first kappa shape index (κ1) is 12.8. The van der Waals surface area contributed by atoms with Gasteiger partial charge in [0.25, 0.3) is 0 Å². The van der Waals surface area contributed by atoms with Gasteiger partial charge in [-0.25, -0.2) is 15.0 Å². The Morgan fingerprint density at radius 3 is 3.11 bits per heavy atom. The quantitative estimate of drug-likeness (QED) is 0.498. The first-order valence-electron chi connectivity index (χ1n) is 5.46. The Kier molecular flexibility index (Phi) is 4.11. The molecule has 0 saturated heterocycles. The average Bonchev–Trinajstić information content (AvgIpc) is 2.83. The summed E-state index contributed by atoms with van der Waals surface area (Å²) in [4.78, 5) is 26.3. The van der Waals surface area contributed by atoms with Crippen molar-refractivity contribution in [2.45, 2.75) is 17.5 Å². The Labute approximate surface area is 108 Å². The highest BCUT2D eigenvalue weighted by molar-refractivity contribution is 7.99. The summed E-state index contributed by atoms with van der Waals surface area (Å²) in [6.45, 7) is 0. The van der Waals surface area contributed by atoms with Crippen LogP contribution in [0, 0.1) is 0 Å². The number of nitrogens with zero attached hydrogens (tertiary/aromatic N) is 3. The lowest BCUT2D eigenvalue weighted by Crippen LogP contribution is -2.39. The number of likely N-dealkylation sites (N-methyl/N-ethyl adjacent to an activating group) is 1. The second kappa shape index (κ2) is 5.78. The predicted molar refractivity (Wildman–Crippen MR) is 69.1 cm³/mol. The van der Waals surface area contributed by atoms with Crippen LogP contribution in [-0.2, 0) is 4.79 Å². The monoisotopic (exact) mass is 266 g/mol. The predicted octanol–water partition coefficient (Wildman–Crippen LogP) is -0.0916. The standard InChI is InChI=1S/C10H14N6OS/c1-12-6(8(11)17)2-3-18-10-7-9(14-4-13-7)15-5-16-10/h4-6,12H,2-3H2,1H3,(H2,11,17)(H,13,14,15,16). The smallest absolute Gasteiger partial charge is 0.234 e. The third kappa shape index (κ3) is 2.77. The summed E-state index contributed by atoms with van der Waals surface area (Å²) in [6.07, 6.45) is 3.72. The summed E-state index contributed by atoms with van der Waals surface area (Å²) < 4.78 is 0. The van der Waals surface area contributed by atoms with E-state index in [0.717, 1.165) is 16.3 Å². The highest BCUT2D eigenvalue weighted by Gasteiger charge is 2.13. The number of hydrogen-bond donors (Lipinski definition) is 3. The van der Waals surface area contributed by atoms with Crippen molar-refractivity contribution in [1.82, 2.24) is 25.3 Å².